The Morgan fingerprint density at radius 3 is 2.56 bits per heavy atom. The maximum absolute atomic E-state index is 5.88. The Kier molecular flexibility index (Phi) is 5.99. The van der Waals surface area contributed by atoms with Crippen molar-refractivity contribution in [3.63, 3.8) is 0 Å². The lowest BCUT2D eigenvalue weighted by atomic mass is 10.1. The van der Waals surface area contributed by atoms with E-state index < -0.39 is 0 Å². The Morgan fingerprint density at radius 1 is 1.28 bits per heavy atom. The van der Waals surface area contributed by atoms with Crippen LogP contribution in [0.3, 0.4) is 0 Å². The first-order chi connectivity index (χ1) is 8.58. The fourth-order valence-electron chi connectivity index (χ4n) is 2.03. The molecule has 0 fully saturated rings. The highest BCUT2D eigenvalue weighted by Gasteiger charge is 2.09. The second-order valence-corrected chi connectivity index (χ2v) is 4.96. The van der Waals surface area contributed by atoms with Crippen LogP contribution in [0, 0.1) is 5.92 Å². The van der Waals surface area contributed by atoms with Crippen molar-refractivity contribution in [1.29, 1.82) is 0 Å². The van der Waals surface area contributed by atoms with E-state index in [2.05, 4.69) is 31.7 Å². The molecule has 3 heteroatoms. The summed E-state index contributed by atoms with van der Waals surface area (Å²) in [5, 5.41) is 0. The van der Waals surface area contributed by atoms with Gasteiger partial charge in [-0.05, 0) is 30.2 Å². The van der Waals surface area contributed by atoms with Gasteiger partial charge in [0.2, 0.25) is 0 Å². The summed E-state index contributed by atoms with van der Waals surface area (Å²) in [6.45, 7) is 9.85. The van der Waals surface area contributed by atoms with Gasteiger partial charge in [0.05, 0.1) is 7.11 Å². The first kappa shape index (κ1) is 14.8. The molecule has 0 bridgehead atoms. The third-order valence-corrected chi connectivity index (χ3v) is 3.34. The van der Waals surface area contributed by atoms with E-state index in [9.17, 15) is 0 Å². The first-order valence-electron chi connectivity index (χ1n) is 6.74. The molecule has 0 aliphatic heterocycles. The van der Waals surface area contributed by atoms with Crippen LogP contribution in [-0.2, 0) is 6.54 Å². The predicted molar refractivity (Wildman–Crippen MR) is 77.8 cm³/mol. The molecule has 0 saturated carbocycles. The molecule has 0 amide bonds. The minimum Gasteiger partial charge on any atom is -0.497 e. The van der Waals surface area contributed by atoms with Gasteiger partial charge in [-0.15, -0.1) is 0 Å². The molecule has 0 aliphatic carbocycles. The molecule has 18 heavy (non-hydrogen) atoms. The summed E-state index contributed by atoms with van der Waals surface area (Å²) in [5.74, 6) is 1.57. The normalized spacial score (nSPS) is 12.7. The van der Waals surface area contributed by atoms with Gasteiger partial charge in [0, 0.05) is 24.8 Å². The van der Waals surface area contributed by atoms with Crippen LogP contribution < -0.4 is 10.5 Å². The molecule has 0 aromatic heterocycles. The van der Waals surface area contributed by atoms with Crippen LogP contribution in [0.1, 0.15) is 32.8 Å². The van der Waals surface area contributed by atoms with E-state index in [1.807, 2.05) is 12.1 Å². The summed E-state index contributed by atoms with van der Waals surface area (Å²) >= 11 is 0. The average Bonchev–Trinajstić information content (AvgIpc) is 2.36. The lowest BCUT2D eigenvalue weighted by Gasteiger charge is -2.24. The molecular formula is C15H26N2O. The highest BCUT2D eigenvalue weighted by Crippen LogP contribution is 2.20. The van der Waals surface area contributed by atoms with Gasteiger partial charge in [0.1, 0.15) is 5.75 Å². The number of benzene rings is 1. The fourth-order valence-corrected chi connectivity index (χ4v) is 2.03. The van der Waals surface area contributed by atoms with Gasteiger partial charge in [-0.1, -0.05) is 27.2 Å². The van der Waals surface area contributed by atoms with Crippen molar-refractivity contribution >= 4 is 5.69 Å². The van der Waals surface area contributed by atoms with Gasteiger partial charge in [-0.2, -0.15) is 0 Å². The Morgan fingerprint density at radius 2 is 2.00 bits per heavy atom. The molecular weight excluding hydrogens is 224 g/mol. The molecule has 0 radical (unpaired) electrons. The van der Waals surface area contributed by atoms with Crippen LogP contribution in [0.25, 0.3) is 0 Å². The van der Waals surface area contributed by atoms with Crippen LogP contribution in [0.15, 0.2) is 18.2 Å². The third-order valence-electron chi connectivity index (χ3n) is 3.34. The molecule has 1 atom stereocenters. The van der Waals surface area contributed by atoms with E-state index in [1.165, 1.54) is 12.0 Å². The van der Waals surface area contributed by atoms with Crippen LogP contribution in [0.2, 0.25) is 0 Å². The molecule has 1 aromatic carbocycles. The number of nitrogen functional groups attached to an aromatic ring is 1. The monoisotopic (exact) mass is 250 g/mol. The Hall–Kier alpha value is -1.22. The van der Waals surface area contributed by atoms with Crippen LogP contribution >= 0.6 is 0 Å². The summed E-state index contributed by atoms with van der Waals surface area (Å²) in [6.07, 6.45) is 1.22. The van der Waals surface area contributed by atoms with Gasteiger partial charge in [-0.3, -0.25) is 4.90 Å². The SMILES string of the molecule is CCC(C)CN(CC)Cc1cc(N)cc(OC)c1. The number of rotatable bonds is 7. The molecule has 102 valence electrons. The summed E-state index contributed by atoms with van der Waals surface area (Å²) < 4.78 is 5.25. The van der Waals surface area contributed by atoms with E-state index in [1.54, 1.807) is 7.11 Å². The topological polar surface area (TPSA) is 38.5 Å². The summed E-state index contributed by atoms with van der Waals surface area (Å²) in [4.78, 5) is 2.45. The van der Waals surface area contributed by atoms with Crippen LogP contribution in [0.5, 0.6) is 5.75 Å². The molecule has 0 saturated heterocycles. The van der Waals surface area contributed by atoms with E-state index in [-0.39, 0.29) is 0 Å². The van der Waals surface area contributed by atoms with Crippen LogP contribution in [0.4, 0.5) is 5.69 Å². The predicted octanol–water partition coefficient (Wildman–Crippen LogP) is 3.15. The third kappa shape index (κ3) is 4.57. The van der Waals surface area contributed by atoms with Crippen LogP contribution in [-0.4, -0.2) is 25.1 Å². The minimum absolute atomic E-state index is 0.730. The van der Waals surface area contributed by atoms with Crippen molar-refractivity contribution in [3.8, 4) is 5.75 Å². The maximum Gasteiger partial charge on any atom is 0.121 e. The molecule has 0 heterocycles. The molecule has 3 nitrogen and oxygen atoms in total. The Bertz CT molecular complexity index is 366. The summed E-state index contributed by atoms with van der Waals surface area (Å²) in [6, 6.07) is 5.95. The Labute approximate surface area is 111 Å². The minimum atomic E-state index is 0.730. The van der Waals surface area contributed by atoms with Crippen molar-refractivity contribution < 1.29 is 4.74 Å². The van der Waals surface area contributed by atoms with Crippen molar-refractivity contribution in [2.75, 3.05) is 25.9 Å². The maximum atomic E-state index is 5.88. The second-order valence-electron chi connectivity index (χ2n) is 4.96. The molecule has 0 aliphatic rings. The largest absolute Gasteiger partial charge is 0.497 e. The van der Waals surface area contributed by atoms with Crippen molar-refractivity contribution in [2.45, 2.75) is 33.7 Å². The van der Waals surface area contributed by atoms with Crippen molar-refractivity contribution in [3.05, 3.63) is 23.8 Å². The zero-order chi connectivity index (χ0) is 13.5. The van der Waals surface area contributed by atoms with E-state index >= 15 is 0 Å². The molecule has 2 N–H and O–H groups in total. The summed E-state index contributed by atoms with van der Waals surface area (Å²) in [7, 11) is 1.68. The molecule has 1 unspecified atom stereocenters. The number of anilines is 1. The zero-order valence-electron chi connectivity index (χ0n) is 12.1. The smallest absolute Gasteiger partial charge is 0.121 e. The van der Waals surface area contributed by atoms with E-state index in [4.69, 9.17) is 10.5 Å². The number of nitrogens with two attached hydrogens (primary N) is 1. The fraction of sp³-hybridized carbons (Fsp3) is 0.600. The number of nitrogens with zero attached hydrogens (tertiary/aromatic N) is 1. The standard InChI is InChI=1S/C15H26N2O/c1-5-12(3)10-17(6-2)11-13-7-14(16)9-15(8-13)18-4/h7-9,12H,5-6,10-11,16H2,1-4H3. The van der Waals surface area contributed by atoms with Crippen molar-refractivity contribution in [1.82, 2.24) is 4.90 Å². The lowest BCUT2D eigenvalue weighted by Crippen LogP contribution is -2.27. The number of hydrogen-bond donors (Lipinski definition) is 1. The summed E-state index contributed by atoms with van der Waals surface area (Å²) in [5.41, 5.74) is 7.87. The van der Waals surface area contributed by atoms with E-state index in [0.29, 0.717) is 0 Å². The van der Waals surface area contributed by atoms with Gasteiger partial charge >= 0.3 is 0 Å². The van der Waals surface area contributed by atoms with Gasteiger partial charge in [-0.25, -0.2) is 0 Å². The van der Waals surface area contributed by atoms with Crippen molar-refractivity contribution in [2.24, 2.45) is 5.92 Å². The number of methoxy groups -OCH3 is 1. The number of hydrogen-bond acceptors (Lipinski definition) is 3. The van der Waals surface area contributed by atoms with Gasteiger partial charge < -0.3 is 10.5 Å². The quantitative estimate of drug-likeness (QED) is 0.756. The molecule has 1 aromatic rings. The first-order valence-corrected chi connectivity index (χ1v) is 6.74. The average molecular weight is 250 g/mol. The highest BCUT2D eigenvalue weighted by atomic mass is 16.5. The Balaban J connectivity index is 2.71. The highest BCUT2D eigenvalue weighted by molar-refractivity contribution is 5.47. The van der Waals surface area contributed by atoms with E-state index in [0.717, 1.165) is 37.0 Å². The zero-order valence-corrected chi connectivity index (χ0v) is 12.1. The second kappa shape index (κ2) is 7.27. The molecule has 1 rings (SSSR count). The number of ether oxygens (including phenoxy) is 1. The lowest BCUT2D eigenvalue weighted by molar-refractivity contribution is 0.238. The van der Waals surface area contributed by atoms with Gasteiger partial charge in [0.15, 0.2) is 0 Å². The van der Waals surface area contributed by atoms with Gasteiger partial charge in [0.25, 0.3) is 0 Å². The molecule has 0 spiro atoms.